The van der Waals surface area contributed by atoms with Gasteiger partial charge in [0.25, 0.3) is 5.91 Å². The van der Waals surface area contributed by atoms with Crippen molar-refractivity contribution in [3.63, 3.8) is 0 Å². The number of esters is 1. The number of rotatable bonds is 5. The van der Waals surface area contributed by atoms with Gasteiger partial charge in [-0.25, -0.2) is 9.59 Å². The van der Waals surface area contributed by atoms with E-state index >= 15 is 0 Å². The van der Waals surface area contributed by atoms with E-state index in [9.17, 15) is 19.2 Å². The van der Waals surface area contributed by atoms with Crippen LogP contribution in [-0.2, 0) is 14.3 Å². The highest BCUT2D eigenvalue weighted by Crippen LogP contribution is 2.39. The highest BCUT2D eigenvalue weighted by molar-refractivity contribution is 6.10. The Labute approximate surface area is 163 Å². The second-order valence-corrected chi connectivity index (χ2v) is 7.17. The maximum absolute atomic E-state index is 12.9. The number of imide groups is 1. The number of amides is 4. The number of hydrogen-bond acceptors (Lipinski definition) is 5. The van der Waals surface area contributed by atoms with Gasteiger partial charge in [0.15, 0.2) is 0 Å². The summed E-state index contributed by atoms with van der Waals surface area (Å²) in [4.78, 5) is 52.0. The highest BCUT2D eigenvalue weighted by Gasteiger charge is 2.55. The monoisotopic (exact) mass is 387 g/mol. The van der Waals surface area contributed by atoms with E-state index in [1.807, 2.05) is 0 Å². The van der Waals surface area contributed by atoms with Crippen LogP contribution in [0.2, 0.25) is 0 Å². The van der Waals surface area contributed by atoms with Gasteiger partial charge < -0.3 is 15.0 Å². The smallest absolute Gasteiger partial charge is 0.338 e. The van der Waals surface area contributed by atoms with Crippen LogP contribution >= 0.6 is 0 Å². The Balaban J connectivity index is 1.64. The Bertz CT molecular complexity index is 784. The third-order valence-electron chi connectivity index (χ3n) is 5.47. The van der Waals surface area contributed by atoms with Gasteiger partial charge in [0.2, 0.25) is 5.91 Å². The molecule has 1 N–H and O–H groups in total. The van der Waals surface area contributed by atoms with Crippen molar-refractivity contribution in [1.82, 2.24) is 9.80 Å². The van der Waals surface area contributed by atoms with E-state index in [0.29, 0.717) is 24.1 Å². The van der Waals surface area contributed by atoms with E-state index in [1.54, 1.807) is 38.2 Å². The summed E-state index contributed by atoms with van der Waals surface area (Å²) in [6.07, 6.45) is 4.13. The summed E-state index contributed by atoms with van der Waals surface area (Å²) in [6.45, 7) is 1.68. The number of nitrogens with zero attached hydrogens (tertiary/aromatic N) is 2. The predicted molar refractivity (Wildman–Crippen MR) is 102 cm³/mol. The van der Waals surface area contributed by atoms with Crippen LogP contribution in [0.4, 0.5) is 10.5 Å². The molecule has 3 rings (SSSR count). The first-order valence-corrected chi connectivity index (χ1v) is 9.56. The summed E-state index contributed by atoms with van der Waals surface area (Å²) in [5, 5.41) is 2.66. The summed E-state index contributed by atoms with van der Waals surface area (Å²) < 4.78 is 4.91. The molecule has 1 aromatic carbocycles. The lowest BCUT2D eigenvalue weighted by atomic mass is 9.81. The van der Waals surface area contributed by atoms with Gasteiger partial charge in [-0.3, -0.25) is 14.5 Å². The number of benzene rings is 1. The van der Waals surface area contributed by atoms with Gasteiger partial charge in [-0.15, -0.1) is 0 Å². The summed E-state index contributed by atoms with van der Waals surface area (Å²) in [6, 6.07) is 5.81. The molecule has 2 fully saturated rings. The second-order valence-electron chi connectivity index (χ2n) is 7.17. The molecular weight excluding hydrogens is 362 g/mol. The number of carbonyl (C=O) groups is 4. The fraction of sp³-hybridized carbons (Fsp3) is 0.500. The van der Waals surface area contributed by atoms with E-state index in [1.165, 1.54) is 4.90 Å². The maximum atomic E-state index is 12.9. The molecule has 1 aliphatic carbocycles. The molecule has 0 atom stereocenters. The lowest BCUT2D eigenvalue weighted by Crippen LogP contribution is -2.49. The molecule has 1 saturated heterocycles. The minimum Gasteiger partial charge on any atom is -0.462 e. The molecule has 150 valence electrons. The molecule has 0 radical (unpaired) electrons. The van der Waals surface area contributed by atoms with Gasteiger partial charge >= 0.3 is 12.0 Å². The van der Waals surface area contributed by atoms with Crippen LogP contribution in [0.25, 0.3) is 0 Å². The lowest BCUT2D eigenvalue weighted by Gasteiger charge is -2.35. The van der Waals surface area contributed by atoms with Crippen molar-refractivity contribution in [1.29, 1.82) is 0 Å². The predicted octanol–water partition coefficient (Wildman–Crippen LogP) is 2.40. The van der Waals surface area contributed by atoms with Crippen molar-refractivity contribution in [3.05, 3.63) is 29.8 Å². The number of carbonyl (C=O) groups excluding carboxylic acids is 4. The molecule has 1 heterocycles. The largest absolute Gasteiger partial charge is 0.462 e. The number of likely N-dealkylation sites (N-methyl/N-ethyl adjacent to an activating group) is 1. The van der Waals surface area contributed by atoms with Crippen LogP contribution in [0, 0.1) is 0 Å². The fourth-order valence-electron chi connectivity index (χ4n) is 3.92. The van der Waals surface area contributed by atoms with Crippen LogP contribution in [-0.4, -0.2) is 59.4 Å². The molecule has 1 spiro atoms. The van der Waals surface area contributed by atoms with Crippen molar-refractivity contribution in [2.24, 2.45) is 0 Å². The molecule has 1 saturated carbocycles. The Morgan fingerprint density at radius 1 is 1.11 bits per heavy atom. The molecular formula is C20H25N3O5. The van der Waals surface area contributed by atoms with E-state index in [0.717, 1.165) is 24.2 Å². The van der Waals surface area contributed by atoms with Gasteiger partial charge in [-0.2, -0.15) is 0 Å². The molecule has 0 aromatic heterocycles. The van der Waals surface area contributed by atoms with Gasteiger partial charge in [0.1, 0.15) is 12.1 Å². The second kappa shape index (κ2) is 8.00. The quantitative estimate of drug-likeness (QED) is 0.618. The summed E-state index contributed by atoms with van der Waals surface area (Å²) >= 11 is 0. The van der Waals surface area contributed by atoms with Gasteiger partial charge in [-0.1, -0.05) is 19.3 Å². The zero-order valence-corrected chi connectivity index (χ0v) is 16.2. The first-order chi connectivity index (χ1) is 13.4. The topological polar surface area (TPSA) is 96.0 Å². The number of hydrogen-bond donors (Lipinski definition) is 1. The van der Waals surface area contributed by atoms with Gasteiger partial charge in [-0.05, 0) is 44.0 Å². The molecule has 1 aliphatic heterocycles. The minimum absolute atomic E-state index is 0.283. The standard InChI is InChI=1S/C20H25N3O5/c1-3-28-17(25)14-7-9-15(10-8-14)21-16(24)13-23-18(26)20(22(2)19(23)27)11-5-4-6-12-20/h7-10H,3-6,11-13H2,1-2H3,(H,21,24). The minimum atomic E-state index is -0.795. The third kappa shape index (κ3) is 3.58. The third-order valence-corrected chi connectivity index (χ3v) is 5.47. The summed E-state index contributed by atoms with van der Waals surface area (Å²) in [7, 11) is 1.64. The molecule has 1 aromatic rings. The highest BCUT2D eigenvalue weighted by atomic mass is 16.5. The molecule has 8 nitrogen and oxygen atoms in total. The zero-order chi connectivity index (χ0) is 20.3. The molecule has 2 aliphatic rings. The Morgan fingerprint density at radius 2 is 1.75 bits per heavy atom. The van der Waals surface area contributed by atoms with Gasteiger partial charge in [0.05, 0.1) is 12.2 Å². The van der Waals surface area contributed by atoms with Crippen molar-refractivity contribution < 1.29 is 23.9 Å². The first-order valence-electron chi connectivity index (χ1n) is 9.56. The van der Waals surface area contributed by atoms with Crippen LogP contribution in [0.5, 0.6) is 0 Å². The van der Waals surface area contributed by atoms with Crippen molar-refractivity contribution in [3.8, 4) is 0 Å². The average Bonchev–Trinajstić information content (AvgIpc) is 2.86. The van der Waals surface area contributed by atoms with E-state index in [2.05, 4.69) is 5.32 Å². The Kier molecular flexibility index (Phi) is 5.67. The number of urea groups is 1. The molecule has 0 unspecified atom stereocenters. The first kappa shape index (κ1) is 19.9. The molecule has 28 heavy (non-hydrogen) atoms. The fourth-order valence-corrected chi connectivity index (χ4v) is 3.92. The summed E-state index contributed by atoms with van der Waals surface area (Å²) in [5.41, 5.74) is 0.0557. The number of anilines is 1. The van der Waals surface area contributed by atoms with E-state index < -0.39 is 23.4 Å². The number of nitrogens with one attached hydrogen (secondary N) is 1. The van der Waals surface area contributed by atoms with Crippen LogP contribution in [0.3, 0.4) is 0 Å². The van der Waals surface area contributed by atoms with Crippen LogP contribution < -0.4 is 5.32 Å². The van der Waals surface area contributed by atoms with Crippen molar-refractivity contribution in [2.75, 3.05) is 25.5 Å². The maximum Gasteiger partial charge on any atom is 0.338 e. The SMILES string of the molecule is CCOC(=O)c1ccc(NC(=O)CN2C(=O)N(C)C3(CCCCC3)C2=O)cc1. The van der Waals surface area contributed by atoms with Crippen molar-refractivity contribution >= 4 is 29.5 Å². The number of ether oxygens (including phenoxy) is 1. The van der Waals surface area contributed by atoms with Gasteiger partial charge in [0, 0.05) is 12.7 Å². The lowest BCUT2D eigenvalue weighted by molar-refractivity contribution is -0.136. The summed E-state index contributed by atoms with van der Waals surface area (Å²) in [5.74, 6) is -1.19. The van der Waals surface area contributed by atoms with Crippen LogP contribution in [0.15, 0.2) is 24.3 Å². The normalized spacial score (nSPS) is 18.5. The van der Waals surface area contributed by atoms with Crippen LogP contribution in [0.1, 0.15) is 49.4 Å². The zero-order valence-electron chi connectivity index (χ0n) is 16.2. The molecule has 0 bridgehead atoms. The van der Waals surface area contributed by atoms with E-state index in [4.69, 9.17) is 4.74 Å². The van der Waals surface area contributed by atoms with Crippen molar-refractivity contribution in [2.45, 2.75) is 44.6 Å². The van der Waals surface area contributed by atoms with E-state index in [-0.39, 0.29) is 19.1 Å². The molecule has 4 amide bonds. The molecule has 8 heteroatoms. The average molecular weight is 387 g/mol. The Morgan fingerprint density at radius 3 is 2.36 bits per heavy atom. The Hall–Kier alpha value is -2.90.